The van der Waals surface area contributed by atoms with Crippen LogP contribution in [0, 0.1) is 0 Å². The molecule has 0 aromatic heterocycles. The van der Waals surface area contributed by atoms with E-state index in [0.29, 0.717) is 6.04 Å². The normalized spacial score (nSPS) is 21.6. The van der Waals surface area contributed by atoms with Crippen molar-refractivity contribution in [1.82, 2.24) is 9.80 Å². The van der Waals surface area contributed by atoms with Gasteiger partial charge in [0.15, 0.2) is 0 Å². The topological polar surface area (TPSA) is 45.2 Å². The molecule has 22 heavy (non-hydrogen) atoms. The fraction of sp³-hybridized carbons (Fsp3) is 0.647. The molecule has 2 atom stereocenters. The van der Waals surface area contributed by atoms with Gasteiger partial charge in [-0.15, -0.1) is 0 Å². The second-order valence-electron chi connectivity index (χ2n) is 6.11. The van der Waals surface area contributed by atoms with E-state index in [9.17, 15) is 5.11 Å². The minimum absolute atomic E-state index is 0.266. The lowest BCUT2D eigenvalue weighted by atomic mass is 10.1. The zero-order chi connectivity index (χ0) is 16.1. The van der Waals surface area contributed by atoms with Gasteiger partial charge in [-0.25, -0.2) is 0 Å². The van der Waals surface area contributed by atoms with Gasteiger partial charge in [0, 0.05) is 44.3 Å². The van der Waals surface area contributed by atoms with Crippen LogP contribution in [0.1, 0.15) is 19.4 Å². The fourth-order valence-corrected chi connectivity index (χ4v) is 3.07. The number of methoxy groups -OCH3 is 2. The Labute approximate surface area is 133 Å². The number of ether oxygens (including phenoxy) is 2. The van der Waals surface area contributed by atoms with Gasteiger partial charge in [-0.2, -0.15) is 0 Å². The summed E-state index contributed by atoms with van der Waals surface area (Å²) in [7, 11) is 3.39. The van der Waals surface area contributed by atoms with Crippen LogP contribution in [0.2, 0.25) is 0 Å². The minimum Gasteiger partial charge on any atom is -0.497 e. The van der Waals surface area contributed by atoms with Crippen molar-refractivity contribution in [2.24, 2.45) is 0 Å². The fourth-order valence-electron chi connectivity index (χ4n) is 3.07. The summed E-state index contributed by atoms with van der Waals surface area (Å²) in [6.45, 7) is 8.65. The van der Waals surface area contributed by atoms with Gasteiger partial charge in [0.2, 0.25) is 0 Å². The Kier molecular flexibility index (Phi) is 6.06. The highest BCUT2D eigenvalue weighted by Gasteiger charge is 2.25. The summed E-state index contributed by atoms with van der Waals surface area (Å²) >= 11 is 0. The van der Waals surface area contributed by atoms with E-state index in [-0.39, 0.29) is 6.10 Å². The van der Waals surface area contributed by atoms with Crippen molar-refractivity contribution in [1.29, 1.82) is 0 Å². The second kappa shape index (κ2) is 7.81. The van der Waals surface area contributed by atoms with Crippen molar-refractivity contribution in [3.63, 3.8) is 0 Å². The Balaban J connectivity index is 2.02. The quantitative estimate of drug-likeness (QED) is 0.865. The molecule has 1 aromatic carbocycles. The Morgan fingerprint density at radius 1 is 1.27 bits per heavy atom. The van der Waals surface area contributed by atoms with E-state index in [4.69, 9.17) is 9.47 Å². The van der Waals surface area contributed by atoms with Gasteiger partial charge < -0.3 is 14.6 Å². The molecule has 0 aliphatic carbocycles. The molecule has 5 heteroatoms. The second-order valence-corrected chi connectivity index (χ2v) is 6.11. The molecule has 0 saturated carbocycles. The molecule has 0 bridgehead atoms. The number of hydrogen-bond acceptors (Lipinski definition) is 5. The van der Waals surface area contributed by atoms with Crippen LogP contribution < -0.4 is 9.47 Å². The number of aliphatic hydroxyl groups is 1. The predicted octanol–water partition coefficient (Wildman–Crippen LogP) is 1.59. The standard InChI is InChI=1S/C17H28N2O3/c1-13-10-18(11-14(2)20)7-8-19(13)12-15-9-16(21-3)5-6-17(15)22-4/h5-6,9,13-14,20H,7-8,10-12H2,1-4H3/t13-,14+/m0/s1. The lowest BCUT2D eigenvalue weighted by Crippen LogP contribution is -2.52. The number of benzene rings is 1. The SMILES string of the molecule is COc1ccc(OC)c(CN2CCN(C[C@@H](C)O)C[C@@H]2C)c1. The average Bonchev–Trinajstić information content (AvgIpc) is 2.49. The summed E-state index contributed by atoms with van der Waals surface area (Å²) in [5.41, 5.74) is 1.15. The first-order valence-corrected chi connectivity index (χ1v) is 7.89. The smallest absolute Gasteiger partial charge is 0.123 e. The first kappa shape index (κ1) is 17.1. The lowest BCUT2D eigenvalue weighted by molar-refractivity contribution is 0.0468. The minimum atomic E-state index is -0.266. The molecule has 0 amide bonds. The summed E-state index contributed by atoms with van der Waals surface area (Å²) < 4.78 is 10.8. The Morgan fingerprint density at radius 3 is 2.64 bits per heavy atom. The summed E-state index contributed by atoms with van der Waals surface area (Å²) in [5, 5.41) is 9.53. The van der Waals surface area contributed by atoms with Gasteiger partial charge >= 0.3 is 0 Å². The summed E-state index contributed by atoms with van der Waals surface area (Å²) in [4.78, 5) is 4.78. The van der Waals surface area contributed by atoms with E-state index in [2.05, 4.69) is 16.7 Å². The molecule has 1 aliphatic rings. The largest absolute Gasteiger partial charge is 0.497 e. The van der Waals surface area contributed by atoms with Gasteiger partial charge in [-0.3, -0.25) is 9.80 Å². The van der Waals surface area contributed by atoms with Crippen molar-refractivity contribution in [2.75, 3.05) is 40.4 Å². The number of aliphatic hydroxyl groups excluding tert-OH is 1. The van der Waals surface area contributed by atoms with Crippen LogP contribution in [0.25, 0.3) is 0 Å². The van der Waals surface area contributed by atoms with Gasteiger partial charge in [0.25, 0.3) is 0 Å². The lowest BCUT2D eigenvalue weighted by Gasteiger charge is -2.40. The van der Waals surface area contributed by atoms with Crippen molar-refractivity contribution >= 4 is 0 Å². The Morgan fingerprint density at radius 2 is 2.05 bits per heavy atom. The highest BCUT2D eigenvalue weighted by atomic mass is 16.5. The molecule has 1 heterocycles. The van der Waals surface area contributed by atoms with E-state index < -0.39 is 0 Å². The van der Waals surface area contributed by atoms with E-state index in [1.165, 1.54) is 0 Å². The van der Waals surface area contributed by atoms with Crippen LogP contribution in [0.5, 0.6) is 11.5 Å². The predicted molar refractivity (Wildman–Crippen MR) is 87.5 cm³/mol. The molecule has 1 aliphatic heterocycles. The number of piperazine rings is 1. The number of hydrogen-bond donors (Lipinski definition) is 1. The zero-order valence-corrected chi connectivity index (χ0v) is 14.1. The molecule has 1 saturated heterocycles. The first-order chi connectivity index (χ1) is 10.5. The van der Waals surface area contributed by atoms with Gasteiger partial charge in [-0.05, 0) is 32.0 Å². The molecule has 0 radical (unpaired) electrons. The van der Waals surface area contributed by atoms with Crippen molar-refractivity contribution in [2.45, 2.75) is 32.5 Å². The van der Waals surface area contributed by atoms with Crippen molar-refractivity contribution < 1.29 is 14.6 Å². The van der Waals surface area contributed by atoms with Crippen molar-refractivity contribution in [3.8, 4) is 11.5 Å². The molecule has 1 N–H and O–H groups in total. The molecule has 124 valence electrons. The molecule has 0 unspecified atom stereocenters. The van der Waals surface area contributed by atoms with E-state index in [1.807, 2.05) is 25.1 Å². The monoisotopic (exact) mass is 308 g/mol. The van der Waals surface area contributed by atoms with Crippen LogP contribution in [-0.2, 0) is 6.54 Å². The zero-order valence-electron chi connectivity index (χ0n) is 14.1. The number of β-amino-alcohol motifs (C(OH)–C–C–N with tert-alkyl or cyclic N) is 1. The van der Waals surface area contributed by atoms with Crippen LogP contribution >= 0.6 is 0 Å². The molecule has 1 fully saturated rings. The van der Waals surface area contributed by atoms with Crippen LogP contribution in [-0.4, -0.2) is 67.5 Å². The van der Waals surface area contributed by atoms with Gasteiger partial charge in [0.05, 0.1) is 20.3 Å². The van der Waals surface area contributed by atoms with Gasteiger partial charge in [-0.1, -0.05) is 0 Å². The van der Waals surface area contributed by atoms with Crippen LogP contribution in [0.15, 0.2) is 18.2 Å². The molecule has 1 aromatic rings. The molecular formula is C17H28N2O3. The van der Waals surface area contributed by atoms with Gasteiger partial charge in [0.1, 0.15) is 11.5 Å². The Hall–Kier alpha value is -1.30. The summed E-state index contributed by atoms with van der Waals surface area (Å²) in [6, 6.07) is 6.38. The van der Waals surface area contributed by atoms with Crippen LogP contribution in [0.4, 0.5) is 0 Å². The summed E-state index contributed by atoms with van der Waals surface area (Å²) in [5.74, 6) is 1.76. The third-order valence-corrected chi connectivity index (χ3v) is 4.23. The Bertz CT molecular complexity index is 479. The molecule has 2 rings (SSSR count). The maximum atomic E-state index is 9.53. The molecule has 0 spiro atoms. The van der Waals surface area contributed by atoms with Crippen molar-refractivity contribution in [3.05, 3.63) is 23.8 Å². The van der Waals surface area contributed by atoms with E-state index in [0.717, 1.165) is 49.8 Å². The van der Waals surface area contributed by atoms with E-state index >= 15 is 0 Å². The highest BCUT2D eigenvalue weighted by Crippen LogP contribution is 2.26. The number of nitrogens with zero attached hydrogens (tertiary/aromatic N) is 2. The highest BCUT2D eigenvalue weighted by molar-refractivity contribution is 5.40. The third-order valence-electron chi connectivity index (χ3n) is 4.23. The first-order valence-electron chi connectivity index (χ1n) is 7.89. The van der Waals surface area contributed by atoms with E-state index in [1.54, 1.807) is 14.2 Å². The maximum Gasteiger partial charge on any atom is 0.123 e. The third kappa shape index (κ3) is 4.35. The number of rotatable bonds is 6. The summed E-state index contributed by atoms with van der Waals surface area (Å²) in [6.07, 6.45) is -0.266. The molecule has 5 nitrogen and oxygen atoms in total. The maximum absolute atomic E-state index is 9.53. The average molecular weight is 308 g/mol. The van der Waals surface area contributed by atoms with Crippen LogP contribution in [0.3, 0.4) is 0 Å². The molecular weight excluding hydrogens is 280 g/mol.